The van der Waals surface area contributed by atoms with Crippen molar-refractivity contribution in [3.63, 3.8) is 0 Å². The van der Waals surface area contributed by atoms with E-state index in [2.05, 4.69) is 9.97 Å². The van der Waals surface area contributed by atoms with Crippen molar-refractivity contribution in [3.8, 4) is 0 Å². The van der Waals surface area contributed by atoms with Crippen LogP contribution in [0, 0.1) is 0 Å². The van der Waals surface area contributed by atoms with E-state index in [1.165, 1.54) is 0 Å². The molecule has 1 aliphatic rings. The number of H-pyrrole nitrogens is 1. The lowest BCUT2D eigenvalue weighted by Gasteiger charge is -2.23. The van der Waals surface area contributed by atoms with Gasteiger partial charge < -0.3 is 14.6 Å². The molecule has 0 bridgehead atoms. The summed E-state index contributed by atoms with van der Waals surface area (Å²) in [5, 5.41) is 0. The summed E-state index contributed by atoms with van der Waals surface area (Å²) in [4.78, 5) is 33.3. The predicted octanol–water partition coefficient (Wildman–Crippen LogP) is 1.17. The van der Waals surface area contributed by atoms with E-state index >= 15 is 0 Å². The van der Waals surface area contributed by atoms with Crippen LogP contribution >= 0.6 is 0 Å². The van der Waals surface area contributed by atoms with Crippen molar-refractivity contribution in [2.75, 3.05) is 20.3 Å². The van der Waals surface area contributed by atoms with Crippen molar-refractivity contribution in [1.29, 1.82) is 0 Å². The van der Waals surface area contributed by atoms with E-state index in [-0.39, 0.29) is 17.6 Å². The first kappa shape index (κ1) is 13.8. The molecule has 1 aromatic heterocycles. The quantitative estimate of drug-likeness (QED) is 0.919. The van der Waals surface area contributed by atoms with Crippen molar-refractivity contribution in [3.05, 3.63) is 40.3 Å². The fourth-order valence-corrected chi connectivity index (χ4v) is 2.78. The average Bonchev–Trinajstić information content (AvgIpc) is 2.94. The molecular weight excluding hydrogens is 270 g/mol. The van der Waals surface area contributed by atoms with Gasteiger partial charge >= 0.3 is 0 Å². The summed E-state index contributed by atoms with van der Waals surface area (Å²) in [5.41, 5.74) is 0.760. The third-order valence-corrected chi connectivity index (χ3v) is 3.80. The second kappa shape index (κ2) is 5.65. The van der Waals surface area contributed by atoms with Crippen LogP contribution in [0.5, 0.6) is 0 Å². The normalized spacial score (nSPS) is 18.3. The molecule has 21 heavy (non-hydrogen) atoms. The SMILES string of the molecule is COC[C@@H]1CCCN1C(=O)c1nc2ccccc2[nH]c1=O. The zero-order valence-corrected chi connectivity index (χ0v) is 11.8. The van der Waals surface area contributed by atoms with Crippen molar-refractivity contribution in [2.45, 2.75) is 18.9 Å². The van der Waals surface area contributed by atoms with E-state index in [1.54, 1.807) is 24.1 Å². The molecule has 0 saturated carbocycles. The molecule has 110 valence electrons. The van der Waals surface area contributed by atoms with Gasteiger partial charge in [0.15, 0.2) is 5.69 Å². The molecule has 2 heterocycles. The number of likely N-dealkylation sites (tertiary alicyclic amines) is 1. The fraction of sp³-hybridized carbons (Fsp3) is 0.400. The molecule has 1 fully saturated rings. The first-order valence-electron chi connectivity index (χ1n) is 6.99. The molecule has 1 saturated heterocycles. The number of fused-ring (bicyclic) bond motifs is 1. The molecule has 1 aliphatic heterocycles. The largest absolute Gasteiger partial charge is 0.383 e. The van der Waals surface area contributed by atoms with E-state index in [9.17, 15) is 9.59 Å². The lowest BCUT2D eigenvalue weighted by molar-refractivity contribution is 0.0623. The molecule has 1 amide bonds. The third-order valence-electron chi connectivity index (χ3n) is 3.80. The Balaban J connectivity index is 1.97. The van der Waals surface area contributed by atoms with Crippen molar-refractivity contribution in [1.82, 2.24) is 14.9 Å². The van der Waals surface area contributed by atoms with E-state index in [0.29, 0.717) is 24.2 Å². The van der Waals surface area contributed by atoms with Crippen LogP contribution < -0.4 is 5.56 Å². The Morgan fingerprint density at radius 3 is 3.10 bits per heavy atom. The number of rotatable bonds is 3. The van der Waals surface area contributed by atoms with Gasteiger partial charge in [0.2, 0.25) is 0 Å². The lowest BCUT2D eigenvalue weighted by Crippen LogP contribution is -2.41. The van der Waals surface area contributed by atoms with Crippen molar-refractivity contribution < 1.29 is 9.53 Å². The molecule has 2 aromatic rings. The first-order chi connectivity index (χ1) is 10.2. The highest BCUT2D eigenvalue weighted by Crippen LogP contribution is 2.19. The Hall–Kier alpha value is -2.21. The number of aromatic amines is 1. The lowest BCUT2D eigenvalue weighted by atomic mass is 10.2. The topological polar surface area (TPSA) is 75.3 Å². The number of nitrogens with zero attached hydrogens (tertiary/aromatic N) is 2. The Morgan fingerprint density at radius 1 is 1.48 bits per heavy atom. The van der Waals surface area contributed by atoms with Crippen molar-refractivity contribution >= 4 is 16.9 Å². The number of nitrogens with one attached hydrogen (secondary N) is 1. The number of amides is 1. The van der Waals surface area contributed by atoms with Gasteiger partial charge in [-0.25, -0.2) is 4.98 Å². The molecule has 0 unspecified atom stereocenters. The predicted molar refractivity (Wildman–Crippen MR) is 78.3 cm³/mol. The number of para-hydroxylation sites is 2. The summed E-state index contributed by atoms with van der Waals surface area (Å²) in [6, 6.07) is 7.21. The summed E-state index contributed by atoms with van der Waals surface area (Å²) in [7, 11) is 1.61. The van der Waals surface area contributed by atoms with Gasteiger partial charge in [-0.3, -0.25) is 9.59 Å². The van der Waals surface area contributed by atoms with E-state index in [0.717, 1.165) is 12.8 Å². The maximum absolute atomic E-state index is 12.6. The van der Waals surface area contributed by atoms with Crippen LogP contribution in [0.1, 0.15) is 23.3 Å². The van der Waals surface area contributed by atoms with Gasteiger partial charge in [0, 0.05) is 13.7 Å². The van der Waals surface area contributed by atoms with Gasteiger partial charge in [-0.15, -0.1) is 0 Å². The van der Waals surface area contributed by atoms with Crippen LogP contribution in [0.4, 0.5) is 0 Å². The van der Waals surface area contributed by atoms with Crippen LogP contribution in [-0.4, -0.2) is 47.1 Å². The third kappa shape index (κ3) is 2.54. The summed E-state index contributed by atoms with van der Waals surface area (Å²) < 4.78 is 5.14. The van der Waals surface area contributed by atoms with Gasteiger partial charge in [0.1, 0.15) is 0 Å². The van der Waals surface area contributed by atoms with Gasteiger partial charge in [-0.1, -0.05) is 12.1 Å². The fourth-order valence-electron chi connectivity index (χ4n) is 2.78. The van der Waals surface area contributed by atoms with Crippen LogP contribution in [0.25, 0.3) is 11.0 Å². The van der Waals surface area contributed by atoms with Crippen LogP contribution in [-0.2, 0) is 4.74 Å². The number of hydrogen-bond acceptors (Lipinski definition) is 4. The number of aromatic nitrogens is 2. The van der Waals surface area contributed by atoms with E-state index in [1.807, 2.05) is 12.1 Å². The van der Waals surface area contributed by atoms with Crippen LogP contribution in [0.2, 0.25) is 0 Å². The highest BCUT2D eigenvalue weighted by molar-refractivity contribution is 5.94. The number of benzene rings is 1. The minimum Gasteiger partial charge on any atom is -0.383 e. The smallest absolute Gasteiger partial charge is 0.280 e. The Kier molecular flexibility index (Phi) is 3.70. The Morgan fingerprint density at radius 2 is 2.29 bits per heavy atom. The molecule has 1 aromatic carbocycles. The standard InChI is InChI=1S/C15H17N3O3/c1-21-9-10-5-4-8-18(10)15(20)13-14(19)17-12-7-3-2-6-11(12)16-13/h2-3,6-7,10H,4-5,8-9H2,1H3,(H,17,19)/t10-/m0/s1. The Bertz CT molecular complexity index is 725. The second-order valence-corrected chi connectivity index (χ2v) is 5.18. The summed E-state index contributed by atoms with van der Waals surface area (Å²) in [6.45, 7) is 1.12. The molecule has 6 heteroatoms. The van der Waals surface area contributed by atoms with Crippen molar-refractivity contribution in [2.24, 2.45) is 0 Å². The maximum Gasteiger partial charge on any atom is 0.280 e. The Labute approximate surface area is 121 Å². The molecule has 0 radical (unpaired) electrons. The van der Waals surface area contributed by atoms with Gasteiger partial charge in [-0.2, -0.15) is 0 Å². The second-order valence-electron chi connectivity index (χ2n) is 5.18. The van der Waals surface area contributed by atoms with E-state index in [4.69, 9.17) is 4.74 Å². The minimum absolute atomic E-state index is 0.0233. The molecule has 6 nitrogen and oxygen atoms in total. The van der Waals surface area contributed by atoms with E-state index < -0.39 is 5.56 Å². The minimum atomic E-state index is -0.443. The monoisotopic (exact) mass is 287 g/mol. The number of carbonyl (C=O) groups excluding carboxylic acids is 1. The van der Waals surface area contributed by atoms with Crippen LogP contribution in [0.3, 0.4) is 0 Å². The molecule has 0 aliphatic carbocycles. The summed E-state index contributed by atoms with van der Waals surface area (Å²) in [6.07, 6.45) is 1.82. The molecule has 1 atom stereocenters. The number of hydrogen-bond donors (Lipinski definition) is 1. The highest BCUT2D eigenvalue weighted by atomic mass is 16.5. The van der Waals surface area contributed by atoms with Gasteiger partial charge in [0.05, 0.1) is 23.7 Å². The molecule has 1 N–H and O–H groups in total. The number of ether oxygens (including phenoxy) is 1. The van der Waals surface area contributed by atoms with Gasteiger partial charge in [-0.05, 0) is 25.0 Å². The average molecular weight is 287 g/mol. The summed E-state index contributed by atoms with van der Waals surface area (Å²) in [5.74, 6) is -0.318. The molecule has 3 rings (SSSR count). The summed E-state index contributed by atoms with van der Waals surface area (Å²) >= 11 is 0. The van der Waals surface area contributed by atoms with Gasteiger partial charge in [0.25, 0.3) is 11.5 Å². The zero-order valence-electron chi connectivity index (χ0n) is 11.8. The highest BCUT2D eigenvalue weighted by Gasteiger charge is 2.31. The molecular formula is C15H17N3O3. The molecule has 0 spiro atoms. The first-order valence-corrected chi connectivity index (χ1v) is 6.99. The number of carbonyl (C=O) groups is 1. The zero-order chi connectivity index (χ0) is 14.8. The maximum atomic E-state index is 12.6. The number of methoxy groups -OCH3 is 1. The van der Waals surface area contributed by atoms with Crippen LogP contribution in [0.15, 0.2) is 29.1 Å².